The Morgan fingerprint density at radius 2 is 1.84 bits per heavy atom. The van der Waals surface area contributed by atoms with Gasteiger partial charge in [-0.05, 0) is 43.5 Å². The highest BCUT2D eigenvalue weighted by Crippen LogP contribution is 2.25. The number of ether oxygens (including phenoxy) is 1. The average molecular weight is 444 g/mol. The minimum absolute atomic E-state index is 0.0867. The molecule has 0 amide bonds. The van der Waals surface area contributed by atoms with Crippen LogP contribution in [0.2, 0.25) is 0 Å². The maximum atomic E-state index is 12.3. The van der Waals surface area contributed by atoms with Gasteiger partial charge < -0.3 is 20.5 Å². The predicted molar refractivity (Wildman–Crippen MR) is 113 cm³/mol. The molecule has 3 heterocycles. The number of nitrogens with zero attached hydrogens (tertiary/aromatic N) is 4. The number of aromatic nitrogens is 4. The molecule has 0 saturated heterocycles. The maximum Gasteiger partial charge on any atom is 0.387 e. The first-order valence-corrected chi connectivity index (χ1v) is 10.1. The van der Waals surface area contributed by atoms with Gasteiger partial charge in [0.25, 0.3) is 5.56 Å². The molecule has 0 aromatic carbocycles. The molecule has 1 fully saturated rings. The van der Waals surface area contributed by atoms with E-state index in [9.17, 15) is 18.7 Å². The summed E-state index contributed by atoms with van der Waals surface area (Å²) in [7, 11) is 0. The normalized spacial score (nSPS) is 18.0. The molecular weight excluding hydrogens is 422 g/mol. The van der Waals surface area contributed by atoms with Crippen molar-refractivity contribution in [3.63, 3.8) is 0 Å². The monoisotopic (exact) mass is 444 g/mol. The van der Waals surface area contributed by atoms with Crippen LogP contribution < -0.4 is 20.9 Å². The highest BCUT2D eigenvalue weighted by molar-refractivity contribution is 5.42. The van der Waals surface area contributed by atoms with Crippen LogP contribution in [-0.4, -0.2) is 43.3 Å². The molecule has 2 atom stereocenters. The van der Waals surface area contributed by atoms with Gasteiger partial charge in [-0.1, -0.05) is 0 Å². The Kier molecular flexibility index (Phi) is 6.55. The fourth-order valence-electron chi connectivity index (χ4n) is 3.67. The Bertz CT molecular complexity index is 1090. The van der Waals surface area contributed by atoms with E-state index in [-0.39, 0.29) is 30.0 Å². The van der Waals surface area contributed by atoms with Crippen molar-refractivity contribution in [2.75, 3.05) is 10.6 Å². The summed E-state index contributed by atoms with van der Waals surface area (Å²) in [6, 6.07) is 7.21. The van der Waals surface area contributed by atoms with Gasteiger partial charge >= 0.3 is 6.61 Å². The Morgan fingerprint density at radius 3 is 2.50 bits per heavy atom. The van der Waals surface area contributed by atoms with Crippen molar-refractivity contribution in [3.8, 4) is 11.4 Å². The molecule has 0 unspecified atom stereocenters. The number of anilines is 2. The van der Waals surface area contributed by atoms with Crippen molar-refractivity contribution < 1.29 is 18.6 Å². The number of aliphatic hydroxyl groups is 1. The Labute approximate surface area is 182 Å². The molecule has 1 aliphatic rings. The van der Waals surface area contributed by atoms with E-state index < -0.39 is 6.61 Å². The summed E-state index contributed by atoms with van der Waals surface area (Å²) < 4.78 is 30.1. The van der Waals surface area contributed by atoms with Crippen LogP contribution in [-0.2, 0) is 6.61 Å². The van der Waals surface area contributed by atoms with E-state index in [0.717, 1.165) is 19.3 Å². The van der Waals surface area contributed by atoms with Gasteiger partial charge in [-0.2, -0.15) is 8.78 Å². The number of rotatable bonds is 8. The lowest BCUT2D eigenvalue weighted by atomic mass is 10.2. The van der Waals surface area contributed by atoms with E-state index in [1.54, 1.807) is 36.7 Å². The zero-order chi connectivity index (χ0) is 22.5. The smallest absolute Gasteiger partial charge is 0.387 e. The molecule has 1 saturated carbocycles. The number of hydrogen-bond acceptors (Lipinski definition) is 8. The number of aliphatic hydroxyl groups excluding tert-OH is 1. The molecule has 168 valence electrons. The number of halogens is 2. The van der Waals surface area contributed by atoms with Crippen molar-refractivity contribution in [1.29, 1.82) is 0 Å². The first-order chi connectivity index (χ1) is 15.5. The minimum atomic E-state index is -2.91. The molecule has 9 nitrogen and oxygen atoms in total. The predicted octanol–water partition coefficient (Wildman–Crippen LogP) is 2.56. The molecule has 3 N–H and O–H groups in total. The van der Waals surface area contributed by atoms with Gasteiger partial charge in [-0.3, -0.25) is 9.36 Å². The van der Waals surface area contributed by atoms with E-state index in [4.69, 9.17) is 0 Å². The van der Waals surface area contributed by atoms with Crippen molar-refractivity contribution >= 4 is 11.8 Å². The van der Waals surface area contributed by atoms with Crippen LogP contribution in [0.25, 0.3) is 5.69 Å². The summed E-state index contributed by atoms with van der Waals surface area (Å²) in [5.41, 5.74) is 0.649. The van der Waals surface area contributed by atoms with Crippen LogP contribution in [0.15, 0.2) is 53.8 Å². The SMILES string of the molecule is O=c1c(CO)cccn1-c1ccc(N[C@H]2CC[C@H](Nc3ncc(OC(F)F)cn3)C2)nc1. The summed E-state index contributed by atoms with van der Waals surface area (Å²) in [6.45, 7) is -3.23. The van der Waals surface area contributed by atoms with Gasteiger partial charge in [0.1, 0.15) is 5.82 Å². The molecule has 0 bridgehead atoms. The summed E-state index contributed by atoms with van der Waals surface area (Å²) in [4.78, 5) is 24.7. The number of nitrogens with one attached hydrogen (secondary N) is 2. The molecule has 11 heteroatoms. The maximum absolute atomic E-state index is 12.3. The third-order valence-electron chi connectivity index (χ3n) is 5.19. The zero-order valence-corrected chi connectivity index (χ0v) is 17.0. The van der Waals surface area contributed by atoms with Gasteiger partial charge in [0.05, 0.1) is 30.9 Å². The van der Waals surface area contributed by atoms with Crippen LogP contribution in [0.4, 0.5) is 20.5 Å². The first kappa shape index (κ1) is 21.6. The third-order valence-corrected chi connectivity index (χ3v) is 5.19. The molecule has 1 aliphatic carbocycles. The highest BCUT2D eigenvalue weighted by Gasteiger charge is 2.25. The van der Waals surface area contributed by atoms with E-state index in [2.05, 4.69) is 30.3 Å². The molecule has 3 aromatic rings. The standard InChI is InChI=1S/C21H22F2N6O3/c22-20(23)32-17-10-25-21(26-11-17)28-15-4-3-14(8-15)27-18-6-5-16(9-24-18)29-7-1-2-13(12-30)19(29)31/h1-2,5-7,9-11,14-15,20,30H,3-4,8,12H2,(H,24,27)(H,25,26,28)/t14-,15-/m0/s1. The number of pyridine rings is 2. The molecule has 0 aliphatic heterocycles. The quantitative estimate of drug-likeness (QED) is 0.486. The van der Waals surface area contributed by atoms with Crippen LogP contribution >= 0.6 is 0 Å². The lowest BCUT2D eigenvalue weighted by Crippen LogP contribution is -2.23. The molecule has 0 spiro atoms. The number of hydrogen-bond donors (Lipinski definition) is 3. The molecule has 32 heavy (non-hydrogen) atoms. The largest absolute Gasteiger partial charge is 0.432 e. The van der Waals surface area contributed by atoms with Crippen LogP contribution in [0.1, 0.15) is 24.8 Å². The Hall–Kier alpha value is -3.60. The fraction of sp³-hybridized carbons (Fsp3) is 0.333. The minimum Gasteiger partial charge on any atom is -0.432 e. The molecule has 3 aromatic heterocycles. The van der Waals surface area contributed by atoms with E-state index in [0.29, 0.717) is 23.0 Å². The van der Waals surface area contributed by atoms with E-state index in [1.807, 2.05) is 0 Å². The van der Waals surface area contributed by atoms with E-state index >= 15 is 0 Å². The van der Waals surface area contributed by atoms with Crippen LogP contribution in [0.5, 0.6) is 5.75 Å². The summed E-state index contributed by atoms with van der Waals surface area (Å²) in [6.07, 6.45) is 8.25. The second kappa shape index (κ2) is 9.69. The molecule has 4 rings (SSSR count). The Morgan fingerprint density at radius 1 is 1.09 bits per heavy atom. The van der Waals surface area contributed by atoms with Crippen molar-refractivity contribution in [2.24, 2.45) is 0 Å². The summed E-state index contributed by atoms with van der Waals surface area (Å²) >= 11 is 0. The van der Waals surface area contributed by atoms with E-state index in [1.165, 1.54) is 17.0 Å². The Balaban J connectivity index is 1.32. The average Bonchev–Trinajstić information content (AvgIpc) is 3.22. The van der Waals surface area contributed by atoms with Gasteiger partial charge in [0.15, 0.2) is 5.75 Å². The lowest BCUT2D eigenvalue weighted by molar-refractivity contribution is -0.0503. The van der Waals surface area contributed by atoms with Gasteiger partial charge in [-0.25, -0.2) is 15.0 Å². The summed E-state index contributed by atoms with van der Waals surface area (Å²) in [5, 5.41) is 15.8. The third kappa shape index (κ3) is 5.17. The fourth-order valence-corrected chi connectivity index (χ4v) is 3.67. The molecule has 0 radical (unpaired) electrons. The van der Waals surface area contributed by atoms with Crippen molar-refractivity contribution in [1.82, 2.24) is 19.5 Å². The zero-order valence-electron chi connectivity index (χ0n) is 17.0. The van der Waals surface area contributed by atoms with Gasteiger partial charge in [-0.15, -0.1) is 0 Å². The van der Waals surface area contributed by atoms with Crippen LogP contribution in [0.3, 0.4) is 0 Å². The lowest BCUT2D eigenvalue weighted by Gasteiger charge is -2.15. The highest BCUT2D eigenvalue weighted by atomic mass is 19.3. The van der Waals surface area contributed by atoms with Crippen molar-refractivity contribution in [2.45, 2.75) is 44.6 Å². The van der Waals surface area contributed by atoms with Crippen LogP contribution in [0, 0.1) is 0 Å². The van der Waals surface area contributed by atoms with Gasteiger partial charge in [0.2, 0.25) is 5.95 Å². The second-order valence-electron chi connectivity index (χ2n) is 7.38. The topological polar surface area (TPSA) is 114 Å². The first-order valence-electron chi connectivity index (χ1n) is 10.1. The summed E-state index contributed by atoms with van der Waals surface area (Å²) in [5.74, 6) is 0.960. The van der Waals surface area contributed by atoms with Crippen molar-refractivity contribution in [3.05, 3.63) is 65.0 Å². The second-order valence-corrected chi connectivity index (χ2v) is 7.38. The number of alkyl halides is 2. The van der Waals surface area contributed by atoms with Gasteiger partial charge in [0, 0.05) is 23.8 Å². The molecular formula is C21H22F2N6O3.